The minimum absolute atomic E-state index is 0.0640. The number of carboxylic acids is 1. The van der Waals surface area contributed by atoms with Crippen LogP contribution in [0.3, 0.4) is 0 Å². The van der Waals surface area contributed by atoms with Crippen LogP contribution in [0.1, 0.15) is 30.4 Å². The molecule has 29 heavy (non-hydrogen) atoms. The predicted octanol–water partition coefficient (Wildman–Crippen LogP) is 2.60. The summed E-state index contributed by atoms with van der Waals surface area (Å²) in [6.07, 6.45) is -0.265. The third-order valence-electron chi connectivity index (χ3n) is 5.64. The number of fused-ring (bicyclic) bond motifs is 3. The Hall–Kier alpha value is -3.35. The second kappa shape index (κ2) is 7.58. The lowest BCUT2D eigenvalue weighted by Crippen LogP contribution is -2.59. The number of amides is 2. The number of hydrogen-bond acceptors (Lipinski definition) is 4. The second-order valence-corrected chi connectivity index (χ2v) is 7.37. The first-order valence-electron chi connectivity index (χ1n) is 9.62. The zero-order valence-electron chi connectivity index (χ0n) is 16.0. The number of rotatable bonds is 5. The highest BCUT2D eigenvalue weighted by Gasteiger charge is 2.39. The molecule has 0 saturated carbocycles. The van der Waals surface area contributed by atoms with Crippen LogP contribution in [-0.4, -0.2) is 53.2 Å². The molecule has 0 spiro atoms. The monoisotopic (exact) mass is 394 g/mol. The molecule has 2 amide bonds. The highest BCUT2D eigenvalue weighted by atomic mass is 16.5. The van der Waals surface area contributed by atoms with E-state index in [9.17, 15) is 14.4 Å². The predicted molar refractivity (Wildman–Crippen MR) is 105 cm³/mol. The van der Waals surface area contributed by atoms with Crippen molar-refractivity contribution in [3.8, 4) is 11.1 Å². The summed E-state index contributed by atoms with van der Waals surface area (Å²) in [7, 11) is 0. The number of aliphatic carboxylic acids is 1. The van der Waals surface area contributed by atoms with E-state index in [0.29, 0.717) is 13.0 Å². The Morgan fingerprint density at radius 3 is 2.21 bits per heavy atom. The number of likely N-dealkylation sites (tertiary alicyclic amines) is 1. The standard InChI is InChI=1S/C22H22N2O5/c1-13(20(25)24-11-10-19(24)21(26)27)23-22(28)29-12-18-16-8-4-2-6-14(16)15-7-3-5-9-17(15)18/h2-9,13,18-19H,10-12H2,1H3,(H,23,28)(H,26,27)/t13-,19?/m1/s1. The van der Waals surface area contributed by atoms with Gasteiger partial charge in [-0.3, -0.25) is 4.79 Å². The van der Waals surface area contributed by atoms with Crippen LogP contribution in [0, 0.1) is 0 Å². The van der Waals surface area contributed by atoms with Crippen molar-refractivity contribution in [3.05, 3.63) is 59.7 Å². The summed E-state index contributed by atoms with van der Waals surface area (Å²) in [5.74, 6) is -1.51. The molecule has 1 aliphatic heterocycles. The molecule has 2 aromatic rings. The Morgan fingerprint density at radius 1 is 1.10 bits per heavy atom. The lowest BCUT2D eigenvalue weighted by Gasteiger charge is -2.39. The number of nitrogens with zero attached hydrogens (tertiary/aromatic N) is 1. The largest absolute Gasteiger partial charge is 0.480 e. The maximum absolute atomic E-state index is 12.4. The van der Waals surface area contributed by atoms with E-state index in [4.69, 9.17) is 9.84 Å². The smallest absolute Gasteiger partial charge is 0.407 e. The molecule has 2 aliphatic rings. The summed E-state index contributed by atoms with van der Waals surface area (Å²) in [5, 5.41) is 11.6. The van der Waals surface area contributed by atoms with E-state index >= 15 is 0 Å². The van der Waals surface area contributed by atoms with Crippen molar-refractivity contribution < 1.29 is 24.2 Å². The molecule has 1 saturated heterocycles. The first-order chi connectivity index (χ1) is 14.0. The van der Waals surface area contributed by atoms with Gasteiger partial charge in [0.2, 0.25) is 5.91 Å². The molecule has 1 aliphatic carbocycles. The van der Waals surface area contributed by atoms with Crippen LogP contribution >= 0.6 is 0 Å². The lowest BCUT2D eigenvalue weighted by atomic mass is 9.98. The molecular weight excluding hydrogens is 372 g/mol. The number of ether oxygens (including phenoxy) is 1. The third kappa shape index (κ3) is 3.44. The Morgan fingerprint density at radius 2 is 1.69 bits per heavy atom. The Balaban J connectivity index is 1.38. The van der Waals surface area contributed by atoms with Crippen molar-refractivity contribution >= 4 is 18.0 Å². The molecule has 4 rings (SSSR count). The molecule has 2 N–H and O–H groups in total. The van der Waals surface area contributed by atoms with Crippen molar-refractivity contribution in [3.63, 3.8) is 0 Å². The average Bonchev–Trinajstić information content (AvgIpc) is 2.99. The molecule has 2 atom stereocenters. The number of carbonyl (C=O) groups excluding carboxylic acids is 2. The van der Waals surface area contributed by atoms with Gasteiger partial charge in [-0.1, -0.05) is 48.5 Å². The van der Waals surface area contributed by atoms with Crippen LogP contribution in [0.4, 0.5) is 4.79 Å². The Bertz CT molecular complexity index is 928. The number of carboxylic acid groups (broad SMARTS) is 1. The van der Waals surface area contributed by atoms with E-state index in [1.165, 1.54) is 11.8 Å². The van der Waals surface area contributed by atoms with Gasteiger partial charge in [-0.2, -0.15) is 0 Å². The molecule has 7 heteroatoms. The lowest BCUT2D eigenvalue weighted by molar-refractivity contribution is -0.157. The molecular formula is C22H22N2O5. The topological polar surface area (TPSA) is 95.9 Å². The fraction of sp³-hybridized carbons (Fsp3) is 0.318. The van der Waals surface area contributed by atoms with Gasteiger partial charge < -0.3 is 20.1 Å². The maximum Gasteiger partial charge on any atom is 0.407 e. The number of carbonyl (C=O) groups is 3. The van der Waals surface area contributed by atoms with Gasteiger partial charge in [-0.05, 0) is 35.6 Å². The van der Waals surface area contributed by atoms with Gasteiger partial charge in [0.25, 0.3) is 0 Å². The van der Waals surface area contributed by atoms with Crippen LogP contribution < -0.4 is 5.32 Å². The minimum Gasteiger partial charge on any atom is -0.480 e. The van der Waals surface area contributed by atoms with Crippen LogP contribution in [0.25, 0.3) is 11.1 Å². The van der Waals surface area contributed by atoms with E-state index in [-0.39, 0.29) is 12.5 Å². The normalized spacial score (nSPS) is 18.2. The first kappa shape index (κ1) is 19.0. The average molecular weight is 394 g/mol. The van der Waals surface area contributed by atoms with E-state index in [1.807, 2.05) is 36.4 Å². The quantitative estimate of drug-likeness (QED) is 0.813. The van der Waals surface area contributed by atoms with Gasteiger partial charge in [0, 0.05) is 12.5 Å². The molecule has 0 bridgehead atoms. The van der Waals surface area contributed by atoms with Crippen molar-refractivity contribution in [1.82, 2.24) is 10.2 Å². The zero-order valence-corrected chi connectivity index (χ0v) is 16.0. The number of hydrogen-bond donors (Lipinski definition) is 2. The molecule has 150 valence electrons. The van der Waals surface area contributed by atoms with E-state index in [0.717, 1.165) is 22.3 Å². The van der Waals surface area contributed by atoms with E-state index in [2.05, 4.69) is 17.4 Å². The molecule has 1 heterocycles. The number of nitrogens with one attached hydrogen (secondary N) is 1. The highest BCUT2D eigenvalue weighted by Crippen LogP contribution is 2.44. The molecule has 1 unspecified atom stereocenters. The van der Waals surface area contributed by atoms with Crippen LogP contribution in [0.2, 0.25) is 0 Å². The van der Waals surface area contributed by atoms with E-state index < -0.39 is 30.1 Å². The molecule has 2 aromatic carbocycles. The fourth-order valence-corrected chi connectivity index (χ4v) is 4.04. The summed E-state index contributed by atoms with van der Waals surface area (Å²) >= 11 is 0. The number of benzene rings is 2. The van der Waals surface area contributed by atoms with E-state index in [1.54, 1.807) is 0 Å². The molecule has 1 fully saturated rings. The van der Waals surface area contributed by atoms with Crippen molar-refractivity contribution in [2.45, 2.75) is 31.3 Å². The van der Waals surface area contributed by atoms with Crippen LogP contribution in [0.15, 0.2) is 48.5 Å². The second-order valence-electron chi connectivity index (χ2n) is 7.37. The Labute approximate surface area is 168 Å². The third-order valence-corrected chi connectivity index (χ3v) is 5.64. The first-order valence-corrected chi connectivity index (χ1v) is 9.62. The van der Waals surface area contributed by atoms with Gasteiger partial charge >= 0.3 is 12.1 Å². The summed E-state index contributed by atoms with van der Waals surface area (Å²) in [5.41, 5.74) is 4.49. The summed E-state index contributed by atoms with van der Waals surface area (Å²) < 4.78 is 5.43. The summed E-state index contributed by atoms with van der Waals surface area (Å²) in [6.45, 7) is 2.07. The van der Waals surface area contributed by atoms with Gasteiger partial charge in [-0.15, -0.1) is 0 Å². The van der Waals surface area contributed by atoms with Crippen molar-refractivity contribution in [2.75, 3.05) is 13.2 Å². The fourth-order valence-electron chi connectivity index (χ4n) is 4.04. The van der Waals surface area contributed by atoms with Gasteiger partial charge in [0.05, 0.1) is 0 Å². The van der Waals surface area contributed by atoms with Crippen LogP contribution in [0.5, 0.6) is 0 Å². The maximum atomic E-state index is 12.4. The summed E-state index contributed by atoms with van der Waals surface area (Å²) in [4.78, 5) is 37.0. The van der Waals surface area contributed by atoms with Gasteiger partial charge in [0.15, 0.2) is 0 Å². The van der Waals surface area contributed by atoms with Crippen molar-refractivity contribution in [2.24, 2.45) is 0 Å². The molecule has 0 aromatic heterocycles. The molecule has 7 nitrogen and oxygen atoms in total. The van der Waals surface area contributed by atoms with Gasteiger partial charge in [-0.25, -0.2) is 9.59 Å². The number of alkyl carbamates (subject to hydrolysis) is 1. The zero-order chi connectivity index (χ0) is 20.5. The minimum atomic E-state index is -1.03. The molecule has 0 radical (unpaired) electrons. The summed E-state index contributed by atoms with van der Waals surface area (Å²) in [6, 6.07) is 14.4. The highest BCUT2D eigenvalue weighted by molar-refractivity contribution is 5.90. The van der Waals surface area contributed by atoms with Crippen LogP contribution in [-0.2, 0) is 14.3 Å². The van der Waals surface area contributed by atoms with Gasteiger partial charge in [0.1, 0.15) is 18.7 Å². The SMILES string of the molecule is C[C@@H](NC(=O)OCC1c2ccccc2-c2ccccc21)C(=O)N1CCC1C(=O)O. The Kier molecular flexibility index (Phi) is 4.96. The van der Waals surface area contributed by atoms with Crippen molar-refractivity contribution in [1.29, 1.82) is 0 Å².